The van der Waals surface area contributed by atoms with Gasteiger partial charge in [-0.3, -0.25) is 0 Å². The van der Waals surface area contributed by atoms with Crippen LogP contribution in [0.5, 0.6) is 0 Å². The molecule has 1 saturated heterocycles. The Balaban J connectivity index is 2.41. The van der Waals surface area contributed by atoms with Crippen molar-refractivity contribution in [2.75, 3.05) is 27.2 Å². The Morgan fingerprint density at radius 1 is 1.60 bits per heavy atom. The van der Waals surface area contributed by atoms with Crippen molar-refractivity contribution in [2.45, 2.75) is 12.1 Å². The maximum atomic E-state index is 5.28. The van der Waals surface area contributed by atoms with E-state index < -0.39 is 0 Å². The van der Waals surface area contributed by atoms with E-state index in [9.17, 15) is 0 Å². The molecule has 0 aromatic rings. The highest BCUT2D eigenvalue weighted by Crippen LogP contribution is 2.15. The fourth-order valence-corrected chi connectivity index (χ4v) is 2.06. The highest BCUT2D eigenvalue weighted by Gasteiger charge is 2.29. The molecule has 1 N–H and O–H groups in total. The minimum atomic E-state index is 0.363. The Bertz CT molecular complexity index is 99.9. The van der Waals surface area contributed by atoms with Crippen LogP contribution in [0.15, 0.2) is 0 Å². The van der Waals surface area contributed by atoms with Gasteiger partial charge in [-0.15, -0.1) is 0 Å². The zero-order valence-electron chi connectivity index (χ0n) is 6.30. The number of nitrogens with zero attached hydrogens (tertiary/aromatic N) is 1. The summed E-state index contributed by atoms with van der Waals surface area (Å²) in [5, 5.41) is 3.22. The van der Waals surface area contributed by atoms with Crippen LogP contribution in [0.3, 0.4) is 0 Å². The van der Waals surface area contributed by atoms with Gasteiger partial charge in [-0.2, -0.15) is 0 Å². The molecule has 0 aromatic carbocycles. The van der Waals surface area contributed by atoms with Crippen molar-refractivity contribution in [3.8, 4) is 0 Å². The van der Waals surface area contributed by atoms with Crippen LogP contribution in [0.25, 0.3) is 0 Å². The molecule has 0 aliphatic carbocycles. The lowest BCUT2D eigenvalue weighted by atomic mass is 10.2. The van der Waals surface area contributed by atoms with E-state index in [2.05, 4.69) is 31.3 Å². The van der Waals surface area contributed by atoms with Crippen LogP contribution in [0.4, 0.5) is 0 Å². The number of hydrogen-bond acceptors (Lipinski definition) is 3. The van der Waals surface area contributed by atoms with Crippen molar-refractivity contribution in [3.05, 3.63) is 0 Å². The molecule has 0 bridgehead atoms. The van der Waals surface area contributed by atoms with Crippen molar-refractivity contribution in [3.63, 3.8) is 0 Å². The van der Waals surface area contributed by atoms with E-state index in [0.29, 0.717) is 12.1 Å². The number of likely N-dealkylation sites (N-methyl/N-ethyl adjacent to an activating group) is 1. The van der Waals surface area contributed by atoms with Gasteiger partial charge >= 0.3 is 0 Å². The second-order valence-corrected chi connectivity index (χ2v) is 3.86. The Hall–Kier alpha value is 0.610. The van der Waals surface area contributed by atoms with Gasteiger partial charge in [-0.1, -0.05) is 0 Å². The number of halogens is 1. The van der Waals surface area contributed by atoms with Crippen molar-refractivity contribution in [1.82, 2.24) is 8.43 Å². The van der Waals surface area contributed by atoms with E-state index in [4.69, 9.17) is 4.74 Å². The molecule has 1 aliphatic heterocycles. The van der Waals surface area contributed by atoms with E-state index in [1.807, 2.05) is 7.05 Å². The minimum absolute atomic E-state index is 0.363. The van der Waals surface area contributed by atoms with E-state index in [-0.39, 0.29) is 0 Å². The van der Waals surface area contributed by atoms with Gasteiger partial charge in [-0.05, 0) is 7.05 Å². The fourth-order valence-electron chi connectivity index (χ4n) is 1.24. The van der Waals surface area contributed by atoms with Crippen molar-refractivity contribution in [2.24, 2.45) is 0 Å². The number of ether oxygens (including phenoxy) is 1. The molecule has 1 fully saturated rings. The summed E-state index contributed by atoms with van der Waals surface area (Å²) in [5.41, 5.74) is 0. The smallest absolute Gasteiger partial charge is 0.0871 e. The van der Waals surface area contributed by atoms with Crippen LogP contribution in [-0.4, -0.2) is 42.5 Å². The lowest BCUT2D eigenvalue weighted by molar-refractivity contribution is 0.0968. The third kappa shape index (κ3) is 1.81. The average Bonchev–Trinajstić information content (AvgIpc) is 2.30. The summed E-state index contributed by atoms with van der Waals surface area (Å²) in [6.07, 6.45) is 0.363. The highest BCUT2D eigenvalue weighted by molar-refractivity contribution is 14.1. The first-order valence-corrected chi connectivity index (χ1v) is 4.35. The first-order valence-electron chi connectivity index (χ1n) is 3.38. The summed E-state index contributed by atoms with van der Waals surface area (Å²) >= 11 is 2.32. The summed E-state index contributed by atoms with van der Waals surface area (Å²) in [4.78, 5) is 0. The predicted molar refractivity (Wildman–Crippen MR) is 49.2 cm³/mol. The predicted octanol–water partition coefficient (Wildman–Crippen LogP) is 0.255. The molecule has 4 heteroatoms. The standard InChI is InChI=1S/C6H13IN2O/c1-8-5-3-9(7)4-6(5)10-2/h5-6,8H,3-4H2,1-2H3. The average molecular weight is 256 g/mol. The van der Waals surface area contributed by atoms with E-state index >= 15 is 0 Å². The highest BCUT2D eigenvalue weighted by atomic mass is 127. The number of methoxy groups -OCH3 is 1. The number of rotatable bonds is 2. The van der Waals surface area contributed by atoms with Gasteiger partial charge in [0.2, 0.25) is 0 Å². The van der Waals surface area contributed by atoms with Crippen LogP contribution in [0.1, 0.15) is 0 Å². The van der Waals surface area contributed by atoms with Crippen molar-refractivity contribution in [1.29, 1.82) is 0 Å². The van der Waals surface area contributed by atoms with E-state index in [1.54, 1.807) is 7.11 Å². The van der Waals surface area contributed by atoms with Crippen LogP contribution in [0, 0.1) is 0 Å². The molecule has 0 radical (unpaired) electrons. The quantitative estimate of drug-likeness (QED) is 0.566. The summed E-state index contributed by atoms with van der Waals surface area (Å²) < 4.78 is 7.52. The molecule has 1 aliphatic rings. The van der Waals surface area contributed by atoms with Gasteiger partial charge in [0.25, 0.3) is 0 Å². The molecule has 0 aromatic heterocycles. The zero-order valence-corrected chi connectivity index (χ0v) is 8.46. The molecular formula is C6H13IN2O. The molecule has 2 unspecified atom stereocenters. The topological polar surface area (TPSA) is 24.5 Å². The Kier molecular flexibility index (Phi) is 3.35. The van der Waals surface area contributed by atoms with Crippen molar-refractivity contribution >= 4 is 22.9 Å². The monoisotopic (exact) mass is 256 g/mol. The van der Waals surface area contributed by atoms with Crippen LogP contribution in [-0.2, 0) is 4.74 Å². The molecule has 1 heterocycles. The van der Waals surface area contributed by atoms with Crippen molar-refractivity contribution < 1.29 is 4.74 Å². The Labute approximate surface area is 75.6 Å². The van der Waals surface area contributed by atoms with E-state index in [1.165, 1.54) is 0 Å². The van der Waals surface area contributed by atoms with Crippen LogP contribution in [0.2, 0.25) is 0 Å². The zero-order chi connectivity index (χ0) is 7.56. The van der Waals surface area contributed by atoms with Crippen LogP contribution >= 0.6 is 22.9 Å². The minimum Gasteiger partial charge on any atom is -0.378 e. The normalized spacial score (nSPS) is 35.1. The summed E-state index contributed by atoms with van der Waals surface area (Å²) in [5.74, 6) is 0. The SMILES string of the molecule is CNC1CN(I)CC1OC. The molecule has 60 valence electrons. The Morgan fingerprint density at radius 2 is 2.30 bits per heavy atom. The molecule has 0 spiro atoms. The molecule has 1 rings (SSSR count). The molecule has 0 saturated carbocycles. The second kappa shape index (κ2) is 3.85. The molecule has 10 heavy (non-hydrogen) atoms. The number of nitrogens with one attached hydrogen (secondary N) is 1. The lowest BCUT2D eigenvalue weighted by Crippen LogP contribution is -2.37. The van der Waals surface area contributed by atoms with Gasteiger partial charge in [0.15, 0.2) is 0 Å². The molecular weight excluding hydrogens is 243 g/mol. The largest absolute Gasteiger partial charge is 0.378 e. The van der Waals surface area contributed by atoms with E-state index in [0.717, 1.165) is 13.1 Å². The van der Waals surface area contributed by atoms with Gasteiger partial charge in [0.1, 0.15) is 0 Å². The number of hydrogen-bond donors (Lipinski definition) is 1. The van der Waals surface area contributed by atoms with Gasteiger partial charge in [0, 0.05) is 49.1 Å². The van der Waals surface area contributed by atoms with Gasteiger partial charge < -0.3 is 10.1 Å². The summed E-state index contributed by atoms with van der Waals surface area (Å²) in [6, 6.07) is 0.502. The first-order chi connectivity index (χ1) is 4.77. The fraction of sp³-hybridized carbons (Fsp3) is 1.00. The lowest BCUT2D eigenvalue weighted by Gasteiger charge is -2.14. The third-order valence-electron chi connectivity index (χ3n) is 1.90. The molecule has 3 nitrogen and oxygen atoms in total. The summed E-state index contributed by atoms with van der Waals surface area (Å²) in [6.45, 7) is 2.11. The maximum Gasteiger partial charge on any atom is 0.0871 e. The van der Waals surface area contributed by atoms with Gasteiger partial charge in [0.05, 0.1) is 6.10 Å². The Morgan fingerprint density at radius 3 is 2.70 bits per heavy atom. The van der Waals surface area contributed by atoms with Crippen LogP contribution < -0.4 is 5.32 Å². The van der Waals surface area contributed by atoms with Gasteiger partial charge in [-0.25, -0.2) is 3.11 Å². The maximum absolute atomic E-state index is 5.28. The summed E-state index contributed by atoms with van der Waals surface area (Å²) in [7, 11) is 3.75. The molecule has 0 amide bonds. The first kappa shape index (κ1) is 8.70. The third-order valence-corrected chi connectivity index (χ3v) is 2.68. The molecule has 2 atom stereocenters. The second-order valence-electron chi connectivity index (χ2n) is 2.50.